The smallest absolute Gasteiger partial charge is 0.475 e. The minimum absolute atomic E-state index is 0.152. The second-order valence-electron chi connectivity index (χ2n) is 9.65. The number of amides is 1. The lowest BCUT2D eigenvalue weighted by molar-refractivity contribution is -0.192. The SMILES string of the molecule is CN(C)C(=O)OC[C@H]1CN(C2CCN(c3n[nH]c(N)n3)CC2)[C@@H](Cc2ccc(Cl)cc2)CO1.O=C(O)C(F)(F)F. The first-order valence-corrected chi connectivity index (χ1v) is 12.9. The number of benzene rings is 1. The van der Waals surface area contributed by atoms with E-state index in [-0.39, 0.29) is 24.8 Å². The number of nitrogens with zero attached hydrogens (tertiary/aromatic N) is 5. The number of halogens is 4. The molecule has 0 unspecified atom stereocenters. The lowest BCUT2D eigenvalue weighted by Gasteiger charge is -2.46. The number of nitrogens with two attached hydrogens (primary N) is 1. The van der Waals surface area contributed by atoms with Crippen molar-refractivity contribution in [2.45, 2.75) is 43.6 Å². The van der Waals surface area contributed by atoms with E-state index in [1.807, 2.05) is 12.1 Å². The third-order valence-electron chi connectivity index (χ3n) is 6.50. The van der Waals surface area contributed by atoms with Crippen molar-refractivity contribution in [3.8, 4) is 0 Å². The number of alkyl halides is 3. The molecular formula is C24H33ClF3N7O5. The van der Waals surface area contributed by atoms with Crippen LogP contribution in [-0.4, -0.2) is 113 Å². The van der Waals surface area contributed by atoms with E-state index >= 15 is 0 Å². The van der Waals surface area contributed by atoms with Gasteiger partial charge in [-0.25, -0.2) is 14.7 Å². The van der Waals surface area contributed by atoms with Crippen LogP contribution in [0.2, 0.25) is 5.02 Å². The van der Waals surface area contributed by atoms with Gasteiger partial charge in [0.15, 0.2) is 0 Å². The molecule has 1 aromatic heterocycles. The average molecular weight is 592 g/mol. The topological polar surface area (TPSA) is 150 Å². The summed E-state index contributed by atoms with van der Waals surface area (Å²) in [4.78, 5) is 31.1. The molecule has 1 amide bonds. The van der Waals surface area contributed by atoms with Crippen LogP contribution in [0.3, 0.4) is 0 Å². The Bertz CT molecular complexity index is 1110. The molecule has 4 N–H and O–H groups in total. The molecule has 0 radical (unpaired) electrons. The molecule has 40 heavy (non-hydrogen) atoms. The Kier molecular flexibility index (Phi) is 10.8. The Hall–Kier alpha value is -3.30. The Morgan fingerprint density at radius 3 is 2.40 bits per heavy atom. The number of carbonyl (C=O) groups excluding carboxylic acids is 1. The fourth-order valence-electron chi connectivity index (χ4n) is 4.49. The Morgan fingerprint density at radius 1 is 1.25 bits per heavy atom. The van der Waals surface area contributed by atoms with Crippen molar-refractivity contribution >= 4 is 35.6 Å². The van der Waals surface area contributed by atoms with Crippen LogP contribution in [0, 0.1) is 0 Å². The van der Waals surface area contributed by atoms with Crippen LogP contribution in [0.1, 0.15) is 18.4 Å². The zero-order valence-corrected chi connectivity index (χ0v) is 22.9. The van der Waals surface area contributed by atoms with Crippen LogP contribution >= 0.6 is 11.6 Å². The molecule has 2 aliphatic rings. The predicted molar refractivity (Wildman–Crippen MR) is 140 cm³/mol. The molecule has 0 saturated carbocycles. The number of aromatic amines is 1. The molecule has 1 aromatic carbocycles. The fourth-order valence-corrected chi connectivity index (χ4v) is 4.62. The number of hydrogen-bond donors (Lipinski definition) is 3. The molecule has 222 valence electrons. The Labute approximate surface area is 234 Å². The van der Waals surface area contributed by atoms with Crippen LogP contribution < -0.4 is 10.6 Å². The van der Waals surface area contributed by atoms with Gasteiger partial charge in [-0.15, -0.1) is 5.10 Å². The van der Waals surface area contributed by atoms with Crippen molar-refractivity contribution in [3.63, 3.8) is 0 Å². The quantitative estimate of drug-likeness (QED) is 0.457. The molecule has 3 heterocycles. The summed E-state index contributed by atoms with van der Waals surface area (Å²) in [5.74, 6) is -1.77. The lowest BCUT2D eigenvalue weighted by Crippen LogP contribution is -2.58. The number of aromatic nitrogens is 3. The number of anilines is 2. The zero-order valence-electron chi connectivity index (χ0n) is 22.1. The first kappa shape index (κ1) is 31.2. The molecule has 0 spiro atoms. The average Bonchev–Trinajstić information content (AvgIpc) is 3.35. The number of aliphatic carboxylic acids is 1. The molecule has 12 nitrogen and oxygen atoms in total. The van der Waals surface area contributed by atoms with Crippen molar-refractivity contribution in [3.05, 3.63) is 34.9 Å². The van der Waals surface area contributed by atoms with Gasteiger partial charge >= 0.3 is 18.2 Å². The van der Waals surface area contributed by atoms with Gasteiger partial charge in [-0.05, 0) is 37.0 Å². The number of rotatable bonds is 6. The van der Waals surface area contributed by atoms with Crippen molar-refractivity contribution < 1.29 is 37.3 Å². The van der Waals surface area contributed by atoms with Gasteiger partial charge in [-0.2, -0.15) is 18.2 Å². The second kappa shape index (κ2) is 13.9. The molecule has 4 rings (SSSR count). The van der Waals surface area contributed by atoms with Crippen LogP contribution in [-0.2, 0) is 20.7 Å². The van der Waals surface area contributed by atoms with Crippen LogP contribution in [0.15, 0.2) is 24.3 Å². The maximum Gasteiger partial charge on any atom is 0.490 e. The number of ether oxygens (including phenoxy) is 2. The Balaban J connectivity index is 0.000000559. The molecule has 0 bridgehead atoms. The molecule has 16 heteroatoms. The second-order valence-corrected chi connectivity index (χ2v) is 10.1. The van der Waals surface area contributed by atoms with E-state index in [2.05, 4.69) is 37.1 Å². The molecule has 2 saturated heterocycles. The molecule has 2 fully saturated rings. The molecular weight excluding hydrogens is 559 g/mol. The first-order chi connectivity index (χ1) is 18.8. The third-order valence-corrected chi connectivity index (χ3v) is 6.75. The monoisotopic (exact) mass is 591 g/mol. The zero-order chi connectivity index (χ0) is 29.4. The van der Waals surface area contributed by atoms with Gasteiger partial charge in [-0.3, -0.25) is 4.90 Å². The highest BCUT2D eigenvalue weighted by atomic mass is 35.5. The summed E-state index contributed by atoms with van der Waals surface area (Å²) >= 11 is 6.07. The van der Waals surface area contributed by atoms with E-state index in [1.54, 1.807) is 14.1 Å². The predicted octanol–water partition coefficient (Wildman–Crippen LogP) is 2.65. The van der Waals surface area contributed by atoms with Crippen molar-refractivity contribution in [2.24, 2.45) is 0 Å². The number of nitrogen functional groups attached to an aromatic ring is 1. The normalized spacial score (nSPS) is 20.4. The number of carboxylic acids is 1. The van der Waals surface area contributed by atoms with Gasteiger partial charge in [0.05, 0.1) is 6.61 Å². The van der Waals surface area contributed by atoms with Gasteiger partial charge in [0.25, 0.3) is 0 Å². The van der Waals surface area contributed by atoms with Gasteiger partial charge in [0.1, 0.15) is 12.7 Å². The number of hydrogen-bond acceptors (Lipinski definition) is 9. The maximum absolute atomic E-state index is 11.9. The number of nitrogens with one attached hydrogen (secondary N) is 1. The summed E-state index contributed by atoms with van der Waals surface area (Å²) in [6, 6.07) is 8.63. The largest absolute Gasteiger partial charge is 0.490 e. The summed E-state index contributed by atoms with van der Waals surface area (Å²) in [5, 5.41) is 14.8. The van der Waals surface area contributed by atoms with Crippen molar-refractivity contribution in [1.82, 2.24) is 25.0 Å². The maximum atomic E-state index is 11.9. The highest BCUT2D eigenvalue weighted by molar-refractivity contribution is 6.30. The molecule has 2 atom stereocenters. The minimum atomic E-state index is -5.08. The number of morpholine rings is 1. The summed E-state index contributed by atoms with van der Waals surface area (Å²) in [5.41, 5.74) is 6.91. The number of carboxylic acid groups (broad SMARTS) is 1. The lowest BCUT2D eigenvalue weighted by atomic mass is 9.96. The van der Waals surface area contributed by atoms with E-state index in [1.165, 1.54) is 10.5 Å². The van der Waals surface area contributed by atoms with E-state index in [4.69, 9.17) is 36.7 Å². The van der Waals surface area contributed by atoms with Gasteiger partial charge in [-0.1, -0.05) is 23.7 Å². The van der Waals surface area contributed by atoms with E-state index in [0.717, 1.165) is 43.9 Å². The standard InChI is InChI=1S/C22H32ClN7O3.C2HF3O2/c1-28(2)22(31)33-14-19-12-30(18(13-32-19)11-15-3-5-16(23)6-4-15)17-7-9-29(10-8-17)21-25-20(24)26-27-21;3-2(4,5)1(6)7/h3-6,17-19H,7-14H2,1-2H3,(H3,24,25,26,27);(H,6,7)/t18-,19+;/m0./s1. The van der Waals surface area contributed by atoms with Crippen molar-refractivity contribution in [1.29, 1.82) is 0 Å². The van der Waals surface area contributed by atoms with Gasteiger partial charge in [0, 0.05) is 50.8 Å². The Morgan fingerprint density at radius 2 is 1.88 bits per heavy atom. The minimum Gasteiger partial charge on any atom is -0.475 e. The van der Waals surface area contributed by atoms with E-state index in [9.17, 15) is 18.0 Å². The summed E-state index contributed by atoms with van der Waals surface area (Å²) in [6.45, 7) is 3.26. The molecule has 0 aliphatic carbocycles. The number of H-pyrrole nitrogens is 1. The van der Waals surface area contributed by atoms with Crippen LogP contribution in [0.5, 0.6) is 0 Å². The van der Waals surface area contributed by atoms with Crippen LogP contribution in [0.4, 0.5) is 29.9 Å². The first-order valence-electron chi connectivity index (χ1n) is 12.5. The highest BCUT2D eigenvalue weighted by Gasteiger charge is 2.38. The van der Waals surface area contributed by atoms with E-state index in [0.29, 0.717) is 24.5 Å². The van der Waals surface area contributed by atoms with Crippen LogP contribution in [0.25, 0.3) is 0 Å². The number of piperidine rings is 1. The van der Waals surface area contributed by atoms with E-state index < -0.39 is 12.1 Å². The summed E-state index contributed by atoms with van der Waals surface area (Å²) in [7, 11) is 3.35. The third kappa shape index (κ3) is 9.13. The molecule has 2 aromatic rings. The molecule has 2 aliphatic heterocycles. The van der Waals surface area contributed by atoms with Gasteiger partial charge in [0.2, 0.25) is 11.9 Å². The highest BCUT2D eigenvalue weighted by Crippen LogP contribution is 2.27. The summed E-state index contributed by atoms with van der Waals surface area (Å²) in [6.07, 6.45) is -2.75. The van der Waals surface area contributed by atoms with Gasteiger partial charge < -0.3 is 30.1 Å². The van der Waals surface area contributed by atoms with Crippen molar-refractivity contribution in [2.75, 3.05) is 57.6 Å². The summed E-state index contributed by atoms with van der Waals surface area (Å²) < 4.78 is 43.3. The number of carbonyl (C=O) groups is 2. The fraction of sp³-hybridized carbons (Fsp3) is 0.583.